The molecule has 1 aromatic heterocycles. The topological polar surface area (TPSA) is 36.0 Å². The van der Waals surface area contributed by atoms with E-state index in [1.165, 1.54) is 0 Å². The molecular weight excluding hydrogens is 390 g/mol. The summed E-state index contributed by atoms with van der Waals surface area (Å²) in [6.45, 7) is 6.21. The standard InChI is InChI=1S/C27H24ClNO/c1-26(2,3)17-16-22-23-18-21(28)14-15-24(23)29-25(22)27(30,19-10-6-4-7-11-19)20-12-8-5-9-13-20/h4-15,18,29-30H,1-3H3. The zero-order valence-electron chi connectivity index (χ0n) is 17.3. The number of nitrogens with one attached hydrogen (secondary N) is 1. The van der Waals surface area contributed by atoms with E-state index in [1.807, 2.05) is 78.9 Å². The van der Waals surface area contributed by atoms with Crippen molar-refractivity contribution in [2.75, 3.05) is 0 Å². The first-order valence-corrected chi connectivity index (χ1v) is 10.3. The molecule has 0 aliphatic rings. The molecule has 0 saturated heterocycles. The Kier molecular flexibility index (Phi) is 5.20. The third kappa shape index (κ3) is 3.75. The van der Waals surface area contributed by atoms with Gasteiger partial charge in [0.15, 0.2) is 5.60 Å². The summed E-state index contributed by atoms with van der Waals surface area (Å²) in [5.74, 6) is 6.68. The Morgan fingerprint density at radius 1 is 0.833 bits per heavy atom. The molecule has 2 nitrogen and oxygen atoms in total. The smallest absolute Gasteiger partial charge is 0.156 e. The zero-order chi connectivity index (χ0) is 21.4. The van der Waals surface area contributed by atoms with Crippen LogP contribution in [0.1, 0.15) is 43.2 Å². The van der Waals surface area contributed by atoms with E-state index in [0.29, 0.717) is 10.7 Å². The maximum atomic E-state index is 12.3. The second-order valence-corrected chi connectivity index (χ2v) is 8.94. The van der Waals surface area contributed by atoms with Gasteiger partial charge in [-0.05, 0) is 50.1 Å². The van der Waals surface area contributed by atoms with Crippen LogP contribution in [0.25, 0.3) is 10.9 Å². The highest BCUT2D eigenvalue weighted by Gasteiger charge is 2.37. The molecule has 3 aromatic carbocycles. The van der Waals surface area contributed by atoms with Crippen molar-refractivity contribution in [2.45, 2.75) is 26.4 Å². The third-order valence-corrected chi connectivity index (χ3v) is 5.30. The van der Waals surface area contributed by atoms with Gasteiger partial charge in [0.05, 0.1) is 11.3 Å². The van der Waals surface area contributed by atoms with Gasteiger partial charge in [0.1, 0.15) is 0 Å². The Morgan fingerprint density at radius 3 is 1.93 bits per heavy atom. The molecule has 2 N–H and O–H groups in total. The lowest BCUT2D eigenvalue weighted by atomic mass is 9.81. The monoisotopic (exact) mass is 413 g/mol. The molecule has 0 saturated carbocycles. The van der Waals surface area contributed by atoms with Crippen LogP contribution in [0.5, 0.6) is 0 Å². The lowest BCUT2D eigenvalue weighted by molar-refractivity contribution is 0.121. The summed E-state index contributed by atoms with van der Waals surface area (Å²) >= 11 is 6.31. The average molecular weight is 414 g/mol. The number of H-pyrrole nitrogens is 1. The molecular formula is C27H24ClNO. The number of benzene rings is 3. The molecule has 4 rings (SSSR count). The lowest BCUT2D eigenvalue weighted by Gasteiger charge is -2.29. The van der Waals surface area contributed by atoms with Gasteiger partial charge in [-0.2, -0.15) is 0 Å². The van der Waals surface area contributed by atoms with Gasteiger partial charge >= 0.3 is 0 Å². The molecule has 4 aromatic rings. The number of rotatable bonds is 3. The molecule has 1 heterocycles. The second kappa shape index (κ2) is 7.69. The zero-order valence-corrected chi connectivity index (χ0v) is 18.1. The van der Waals surface area contributed by atoms with Gasteiger partial charge < -0.3 is 10.1 Å². The van der Waals surface area contributed by atoms with Crippen LogP contribution < -0.4 is 0 Å². The number of aromatic nitrogens is 1. The Morgan fingerprint density at radius 2 is 1.40 bits per heavy atom. The molecule has 0 atom stereocenters. The Bertz CT molecular complexity index is 1200. The van der Waals surface area contributed by atoms with E-state index in [2.05, 4.69) is 37.6 Å². The van der Waals surface area contributed by atoms with Crippen molar-refractivity contribution in [1.29, 1.82) is 0 Å². The normalized spacial score (nSPS) is 11.9. The SMILES string of the molecule is CC(C)(C)C#Cc1c(C(O)(c2ccccc2)c2ccccc2)[nH]c2ccc(Cl)cc12. The van der Waals surface area contributed by atoms with Gasteiger partial charge in [0.2, 0.25) is 0 Å². The Labute approximate surface area is 182 Å². The second-order valence-electron chi connectivity index (χ2n) is 8.51. The van der Waals surface area contributed by atoms with Gasteiger partial charge in [-0.25, -0.2) is 0 Å². The number of halogens is 1. The summed E-state index contributed by atoms with van der Waals surface area (Å²) < 4.78 is 0. The van der Waals surface area contributed by atoms with E-state index in [4.69, 9.17) is 11.6 Å². The molecule has 3 heteroatoms. The van der Waals surface area contributed by atoms with Crippen LogP contribution in [-0.4, -0.2) is 10.1 Å². The van der Waals surface area contributed by atoms with Crippen molar-refractivity contribution in [3.8, 4) is 11.8 Å². The number of aromatic amines is 1. The highest BCUT2D eigenvalue weighted by molar-refractivity contribution is 6.31. The molecule has 0 aliphatic carbocycles. The van der Waals surface area contributed by atoms with E-state index in [9.17, 15) is 5.11 Å². The molecule has 0 bridgehead atoms. The van der Waals surface area contributed by atoms with Crippen molar-refractivity contribution in [3.05, 3.63) is 106 Å². The van der Waals surface area contributed by atoms with E-state index >= 15 is 0 Å². The summed E-state index contributed by atoms with van der Waals surface area (Å²) in [4.78, 5) is 3.45. The van der Waals surface area contributed by atoms with Crippen molar-refractivity contribution in [2.24, 2.45) is 5.41 Å². The maximum absolute atomic E-state index is 12.3. The molecule has 0 spiro atoms. The minimum absolute atomic E-state index is 0.183. The van der Waals surface area contributed by atoms with E-state index < -0.39 is 5.60 Å². The predicted molar refractivity (Wildman–Crippen MR) is 125 cm³/mol. The van der Waals surface area contributed by atoms with E-state index in [-0.39, 0.29) is 5.41 Å². The fourth-order valence-corrected chi connectivity index (χ4v) is 3.80. The minimum Gasteiger partial charge on any atom is -0.374 e. The predicted octanol–water partition coefficient (Wildman–Crippen LogP) is 6.50. The molecule has 0 amide bonds. The van der Waals surface area contributed by atoms with E-state index in [0.717, 1.165) is 27.6 Å². The number of fused-ring (bicyclic) bond motifs is 1. The summed E-state index contributed by atoms with van der Waals surface area (Å²) in [6, 6.07) is 25.0. The van der Waals surface area contributed by atoms with Crippen LogP contribution in [0.2, 0.25) is 5.02 Å². The van der Waals surface area contributed by atoms with Gasteiger partial charge in [-0.15, -0.1) is 0 Å². The summed E-state index contributed by atoms with van der Waals surface area (Å²) in [7, 11) is 0. The van der Waals surface area contributed by atoms with Crippen molar-refractivity contribution in [1.82, 2.24) is 4.98 Å². The fraction of sp³-hybridized carbons (Fsp3) is 0.185. The highest BCUT2D eigenvalue weighted by atomic mass is 35.5. The van der Waals surface area contributed by atoms with Gasteiger partial charge in [0, 0.05) is 21.3 Å². The molecule has 0 fully saturated rings. The number of hydrogen-bond donors (Lipinski definition) is 2. The molecule has 150 valence electrons. The summed E-state index contributed by atoms with van der Waals surface area (Å²) in [5, 5.41) is 13.8. The largest absolute Gasteiger partial charge is 0.374 e. The molecule has 0 aliphatic heterocycles. The van der Waals surface area contributed by atoms with Crippen molar-refractivity contribution in [3.63, 3.8) is 0 Å². The number of aliphatic hydroxyl groups is 1. The summed E-state index contributed by atoms with van der Waals surface area (Å²) in [5.41, 5.74) is 2.26. The molecule has 30 heavy (non-hydrogen) atoms. The lowest BCUT2D eigenvalue weighted by Crippen LogP contribution is -2.30. The first-order valence-electron chi connectivity index (χ1n) is 9.97. The molecule has 0 unspecified atom stereocenters. The van der Waals surface area contributed by atoms with Crippen molar-refractivity contribution < 1.29 is 5.11 Å². The van der Waals surface area contributed by atoms with Crippen LogP contribution in [-0.2, 0) is 5.60 Å². The average Bonchev–Trinajstić information content (AvgIpc) is 3.10. The van der Waals surface area contributed by atoms with Gasteiger partial charge in [-0.3, -0.25) is 0 Å². The van der Waals surface area contributed by atoms with Gasteiger partial charge in [0.25, 0.3) is 0 Å². The third-order valence-electron chi connectivity index (χ3n) is 5.07. The number of hydrogen-bond acceptors (Lipinski definition) is 1. The first kappa shape index (κ1) is 20.3. The maximum Gasteiger partial charge on any atom is 0.156 e. The fourth-order valence-electron chi connectivity index (χ4n) is 3.63. The van der Waals surface area contributed by atoms with Crippen molar-refractivity contribution >= 4 is 22.5 Å². The quantitative estimate of drug-likeness (QED) is 0.369. The van der Waals surface area contributed by atoms with Crippen LogP contribution in [0.4, 0.5) is 0 Å². The van der Waals surface area contributed by atoms with E-state index in [1.54, 1.807) is 0 Å². The summed E-state index contributed by atoms with van der Waals surface area (Å²) in [6.07, 6.45) is 0. The minimum atomic E-state index is -1.39. The van der Waals surface area contributed by atoms with Crippen LogP contribution in [0.15, 0.2) is 78.9 Å². The molecule has 0 radical (unpaired) electrons. The van der Waals surface area contributed by atoms with Crippen LogP contribution >= 0.6 is 11.6 Å². The Hall–Kier alpha value is -2.99. The first-order chi connectivity index (χ1) is 14.3. The van der Waals surface area contributed by atoms with Crippen LogP contribution in [0.3, 0.4) is 0 Å². The highest BCUT2D eigenvalue weighted by Crippen LogP contribution is 2.40. The van der Waals surface area contributed by atoms with Crippen LogP contribution in [0, 0.1) is 17.3 Å². The Balaban J connectivity index is 2.09. The van der Waals surface area contributed by atoms with Gasteiger partial charge in [-0.1, -0.05) is 84.1 Å².